The van der Waals surface area contributed by atoms with Crippen LogP contribution in [0.25, 0.3) is 0 Å². The zero-order valence-electron chi connectivity index (χ0n) is 16.3. The summed E-state index contributed by atoms with van der Waals surface area (Å²) in [6.45, 7) is 8.90. The normalized spacial score (nSPS) is 23.5. The van der Waals surface area contributed by atoms with Crippen LogP contribution in [0.3, 0.4) is 0 Å². The van der Waals surface area contributed by atoms with Crippen LogP contribution in [0.2, 0.25) is 0 Å². The van der Waals surface area contributed by atoms with Gasteiger partial charge in [0.1, 0.15) is 6.61 Å². The topological polar surface area (TPSA) is 84.0 Å². The maximum atomic E-state index is 13.0. The molecule has 2 atom stereocenters. The summed E-state index contributed by atoms with van der Waals surface area (Å²) in [5.74, 6) is -0.465. The molecule has 1 aromatic carbocycles. The lowest BCUT2D eigenvalue weighted by Crippen LogP contribution is -2.45. The largest absolute Gasteiger partial charge is 0.447 e. The monoisotopic (exact) mass is 406 g/mol. The number of nitrogens with zero attached hydrogens (tertiary/aromatic N) is 2. The fraction of sp³-hybridized carbons (Fsp3) is 0.500. The first-order valence-corrected chi connectivity index (χ1v) is 10.8. The number of piperidine rings is 1. The number of carbonyl (C=O) groups excluding carboxylic acids is 2. The Morgan fingerprint density at radius 1 is 1.25 bits per heavy atom. The molecule has 2 aliphatic rings. The smallest absolute Gasteiger partial charge is 0.416 e. The summed E-state index contributed by atoms with van der Waals surface area (Å²) in [5, 5.41) is 0. The Morgan fingerprint density at radius 3 is 2.50 bits per heavy atom. The molecule has 1 aromatic rings. The van der Waals surface area contributed by atoms with Crippen molar-refractivity contribution in [2.75, 3.05) is 26.2 Å². The van der Waals surface area contributed by atoms with Gasteiger partial charge < -0.3 is 4.74 Å². The van der Waals surface area contributed by atoms with Crippen LogP contribution < -0.4 is 0 Å². The van der Waals surface area contributed by atoms with Crippen molar-refractivity contribution >= 4 is 22.0 Å². The maximum Gasteiger partial charge on any atom is 0.416 e. The Morgan fingerprint density at radius 2 is 1.93 bits per heavy atom. The minimum atomic E-state index is -3.60. The van der Waals surface area contributed by atoms with Gasteiger partial charge in [0.05, 0.1) is 11.4 Å². The van der Waals surface area contributed by atoms with E-state index in [1.54, 1.807) is 24.3 Å². The van der Waals surface area contributed by atoms with Gasteiger partial charge >= 0.3 is 6.09 Å². The van der Waals surface area contributed by atoms with Gasteiger partial charge in [-0.15, -0.1) is 0 Å². The van der Waals surface area contributed by atoms with Crippen LogP contribution in [-0.2, 0) is 19.6 Å². The van der Waals surface area contributed by atoms with Crippen molar-refractivity contribution in [1.82, 2.24) is 9.21 Å². The van der Waals surface area contributed by atoms with E-state index in [-0.39, 0.29) is 48.8 Å². The quantitative estimate of drug-likeness (QED) is 0.702. The molecular weight excluding hydrogens is 380 g/mol. The van der Waals surface area contributed by atoms with Crippen LogP contribution in [0.4, 0.5) is 4.79 Å². The van der Waals surface area contributed by atoms with E-state index in [0.29, 0.717) is 13.0 Å². The second-order valence-electron chi connectivity index (χ2n) is 7.54. The summed E-state index contributed by atoms with van der Waals surface area (Å²) in [6.07, 6.45) is 0.124. The number of hydrogen-bond acceptors (Lipinski definition) is 5. The van der Waals surface area contributed by atoms with Gasteiger partial charge in [0.2, 0.25) is 15.9 Å². The highest BCUT2D eigenvalue weighted by molar-refractivity contribution is 7.89. The number of sulfonamides is 1. The molecule has 0 aromatic heterocycles. The predicted octanol–water partition coefficient (Wildman–Crippen LogP) is 2.57. The van der Waals surface area contributed by atoms with Crippen molar-refractivity contribution in [1.29, 1.82) is 0 Å². The van der Waals surface area contributed by atoms with Gasteiger partial charge in [0.25, 0.3) is 0 Å². The number of benzene rings is 1. The third-order valence-electron chi connectivity index (χ3n) is 5.51. The zero-order chi connectivity index (χ0) is 20.5. The van der Waals surface area contributed by atoms with E-state index < -0.39 is 16.1 Å². The number of hydrogen-bond donors (Lipinski definition) is 0. The lowest BCUT2D eigenvalue weighted by Gasteiger charge is -2.38. The van der Waals surface area contributed by atoms with Crippen LogP contribution in [0.1, 0.15) is 25.3 Å². The van der Waals surface area contributed by atoms with Gasteiger partial charge in [-0.05, 0) is 44.2 Å². The highest BCUT2D eigenvalue weighted by Gasteiger charge is 2.38. The van der Waals surface area contributed by atoms with E-state index in [9.17, 15) is 18.0 Å². The van der Waals surface area contributed by atoms with E-state index in [0.717, 1.165) is 16.0 Å². The summed E-state index contributed by atoms with van der Waals surface area (Å²) in [5.41, 5.74) is 1.84. The van der Waals surface area contributed by atoms with Gasteiger partial charge in [-0.1, -0.05) is 29.8 Å². The Labute approximate surface area is 166 Å². The lowest BCUT2D eigenvalue weighted by molar-refractivity contribution is -0.129. The molecule has 8 heteroatoms. The van der Waals surface area contributed by atoms with E-state index in [1.165, 1.54) is 4.31 Å². The Bertz CT molecular complexity index is 878. The molecular formula is C20H26N2O5S. The average Bonchev–Trinajstić information content (AvgIpc) is 3.08. The van der Waals surface area contributed by atoms with Crippen molar-refractivity contribution < 1.29 is 22.7 Å². The summed E-state index contributed by atoms with van der Waals surface area (Å²) in [6, 6.07) is 6.80. The fourth-order valence-corrected chi connectivity index (χ4v) is 5.29. The molecule has 2 fully saturated rings. The fourth-order valence-electron chi connectivity index (χ4n) is 3.81. The number of ether oxygens (including phenoxy) is 1. The second-order valence-corrected chi connectivity index (χ2v) is 9.48. The molecule has 0 N–H and O–H groups in total. The van der Waals surface area contributed by atoms with Gasteiger partial charge in [-0.25, -0.2) is 18.1 Å². The van der Waals surface area contributed by atoms with Gasteiger partial charge in [0.15, 0.2) is 0 Å². The van der Waals surface area contributed by atoms with Crippen molar-refractivity contribution in [2.45, 2.75) is 31.6 Å². The van der Waals surface area contributed by atoms with Gasteiger partial charge in [0, 0.05) is 19.5 Å². The third kappa shape index (κ3) is 4.12. The van der Waals surface area contributed by atoms with Crippen LogP contribution in [0.15, 0.2) is 41.3 Å². The first kappa shape index (κ1) is 20.5. The maximum absolute atomic E-state index is 13.0. The Balaban J connectivity index is 1.73. The van der Waals surface area contributed by atoms with Crippen molar-refractivity contribution in [3.63, 3.8) is 0 Å². The molecule has 2 amide bonds. The molecule has 7 nitrogen and oxygen atoms in total. The molecule has 28 heavy (non-hydrogen) atoms. The van der Waals surface area contributed by atoms with Crippen molar-refractivity contribution in [3.8, 4) is 0 Å². The van der Waals surface area contributed by atoms with Crippen LogP contribution in [0, 0.1) is 18.8 Å². The molecule has 0 bridgehead atoms. The number of carbonyl (C=O) groups is 2. The Hall–Kier alpha value is -2.19. The highest BCUT2D eigenvalue weighted by Crippen LogP contribution is 2.34. The summed E-state index contributed by atoms with van der Waals surface area (Å²) in [7, 11) is -3.60. The minimum Gasteiger partial charge on any atom is -0.447 e. The molecule has 0 unspecified atom stereocenters. The molecule has 0 radical (unpaired) electrons. The molecule has 0 spiro atoms. The molecule has 3 rings (SSSR count). The minimum absolute atomic E-state index is 0.0529. The standard InChI is InChI=1S/C20H26N2O5S/c1-14(2)18-13-21(28(25,26)17-6-4-15(3)5-7-17)9-8-16(18)12-19(23)22-10-11-27-20(22)24/h4-7,16,18H,1,8-13H2,2-3H3/t16-,18-/m1/s1. The summed E-state index contributed by atoms with van der Waals surface area (Å²) >= 11 is 0. The van der Waals surface area contributed by atoms with Crippen LogP contribution in [0.5, 0.6) is 0 Å². The Kier molecular flexibility index (Phi) is 5.90. The molecule has 0 saturated carbocycles. The first-order valence-electron chi connectivity index (χ1n) is 9.39. The van der Waals surface area contributed by atoms with Gasteiger partial charge in [-0.2, -0.15) is 4.31 Å². The first-order chi connectivity index (χ1) is 13.2. The van der Waals surface area contributed by atoms with Gasteiger partial charge in [-0.3, -0.25) is 4.79 Å². The summed E-state index contributed by atoms with van der Waals surface area (Å²) < 4.78 is 32.3. The average molecular weight is 407 g/mol. The van der Waals surface area contributed by atoms with E-state index in [4.69, 9.17) is 4.74 Å². The van der Waals surface area contributed by atoms with Crippen LogP contribution in [-0.4, -0.2) is 55.9 Å². The number of cyclic esters (lactones) is 1. The third-order valence-corrected chi connectivity index (χ3v) is 7.39. The lowest BCUT2D eigenvalue weighted by atomic mass is 9.80. The van der Waals surface area contributed by atoms with E-state index in [2.05, 4.69) is 6.58 Å². The molecule has 152 valence electrons. The SMILES string of the molecule is C=C(C)[C@H]1CN(S(=O)(=O)c2ccc(C)cc2)CC[C@@H]1CC(=O)N1CCOC1=O. The van der Waals surface area contributed by atoms with E-state index >= 15 is 0 Å². The van der Waals surface area contributed by atoms with E-state index in [1.807, 2.05) is 13.8 Å². The number of amides is 2. The number of aryl methyl sites for hydroxylation is 1. The highest BCUT2D eigenvalue weighted by atomic mass is 32.2. The second kappa shape index (κ2) is 8.05. The van der Waals surface area contributed by atoms with Crippen LogP contribution >= 0.6 is 0 Å². The summed E-state index contributed by atoms with van der Waals surface area (Å²) in [4.78, 5) is 25.5. The molecule has 2 heterocycles. The predicted molar refractivity (Wildman–Crippen MR) is 104 cm³/mol. The molecule has 2 aliphatic heterocycles. The zero-order valence-corrected chi connectivity index (χ0v) is 17.1. The molecule has 0 aliphatic carbocycles. The molecule has 2 saturated heterocycles. The van der Waals surface area contributed by atoms with Crippen molar-refractivity contribution in [2.24, 2.45) is 11.8 Å². The number of imide groups is 1. The number of rotatable bonds is 5. The van der Waals surface area contributed by atoms with Crippen molar-refractivity contribution in [3.05, 3.63) is 42.0 Å².